The highest BCUT2D eigenvalue weighted by Crippen LogP contribution is 2.73. The Morgan fingerprint density at radius 1 is 1.09 bits per heavy atom. The standard InChI is InChI=1S/C17H15N3O3/c21-14(9-3-7-18-8-4-9)19-20-15(22)12-10-1-2-11(13(12)16(20)23)17(10)5-6-17/h1-4,7-8,10-13H,5-6H2,(H,19,21)/t10-,11+,12-,13+. The molecule has 1 spiro atoms. The summed E-state index contributed by atoms with van der Waals surface area (Å²) in [5.41, 5.74) is 3.02. The van der Waals surface area contributed by atoms with Crippen LogP contribution in [0.25, 0.3) is 0 Å². The number of allylic oxidation sites excluding steroid dienone is 2. The van der Waals surface area contributed by atoms with Gasteiger partial charge >= 0.3 is 0 Å². The first-order chi connectivity index (χ1) is 11.1. The van der Waals surface area contributed by atoms with Crippen LogP contribution in [0, 0.1) is 29.1 Å². The third kappa shape index (κ3) is 1.48. The van der Waals surface area contributed by atoms with E-state index >= 15 is 0 Å². The van der Waals surface area contributed by atoms with Gasteiger partial charge in [0.2, 0.25) is 0 Å². The fourth-order valence-electron chi connectivity index (χ4n) is 4.86. The van der Waals surface area contributed by atoms with Gasteiger partial charge in [0.05, 0.1) is 11.8 Å². The molecule has 1 aromatic rings. The Morgan fingerprint density at radius 2 is 1.65 bits per heavy atom. The molecule has 0 radical (unpaired) electrons. The number of hydrazine groups is 1. The van der Waals surface area contributed by atoms with Crippen molar-refractivity contribution in [3.05, 3.63) is 42.2 Å². The van der Waals surface area contributed by atoms with Gasteiger partial charge in [0.1, 0.15) is 0 Å². The molecule has 1 aliphatic heterocycles. The van der Waals surface area contributed by atoms with Crippen LogP contribution in [0.15, 0.2) is 36.7 Å². The number of hydrogen-bond donors (Lipinski definition) is 1. The molecule has 2 saturated carbocycles. The summed E-state index contributed by atoms with van der Waals surface area (Å²) in [5.74, 6) is -1.24. The van der Waals surface area contributed by atoms with Gasteiger partial charge in [-0.3, -0.25) is 24.8 Å². The summed E-state index contributed by atoms with van der Waals surface area (Å²) >= 11 is 0. The lowest BCUT2D eigenvalue weighted by Gasteiger charge is -2.21. The lowest BCUT2D eigenvalue weighted by Crippen LogP contribution is -2.47. The molecule has 5 rings (SSSR count). The van der Waals surface area contributed by atoms with Gasteiger partial charge in [-0.05, 0) is 42.2 Å². The number of hydrogen-bond acceptors (Lipinski definition) is 4. The molecule has 2 heterocycles. The van der Waals surface area contributed by atoms with Gasteiger partial charge in [0.25, 0.3) is 17.7 Å². The van der Waals surface area contributed by atoms with E-state index in [9.17, 15) is 14.4 Å². The van der Waals surface area contributed by atoms with Crippen LogP contribution in [0.5, 0.6) is 0 Å². The zero-order valence-corrected chi connectivity index (χ0v) is 12.3. The molecule has 2 bridgehead atoms. The molecule has 23 heavy (non-hydrogen) atoms. The quantitative estimate of drug-likeness (QED) is 0.651. The van der Waals surface area contributed by atoms with Crippen LogP contribution < -0.4 is 5.43 Å². The van der Waals surface area contributed by atoms with E-state index in [2.05, 4.69) is 22.6 Å². The molecule has 0 aromatic carbocycles. The molecule has 1 saturated heterocycles. The predicted octanol–water partition coefficient (Wildman–Crippen LogP) is 0.924. The maximum absolute atomic E-state index is 12.7. The second kappa shape index (κ2) is 4.07. The van der Waals surface area contributed by atoms with Crippen LogP contribution in [0.1, 0.15) is 23.2 Å². The minimum atomic E-state index is -0.462. The van der Waals surface area contributed by atoms with Crippen molar-refractivity contribution in [2.45, 2.75) is 12.8 Å². The third-order valence-electron chi connectivity index (χ3n) is 6.01. The van der Waals surface area contributed by atoms with E-state index in [0.29, 0.717) is 5.56 Å². The molecule has 116 valence electrons. The fraction of sp³-hybridized carbons (Fsp3) is 0.412. The van der Waals surface area contributed by atoms with Crippen LogP contribution in [0.2, 0.25) is 0 Å². The first-order valence-corrected chi connectivity index (χ1v) is 7.91. The Kier molecular flexibility index (Phi) is 2.30. The maximum Gasteiger partial charge on any atom is 0.270 e. The first kappa shape index (κ1) is 13.0. The largest absolute Gasteiger partial charge is 0.272 e. The minimum absolute atomic E-state index is 0.164. The number of carbonyl (C=O) groups excluding carboxylic acids is 3. The Balaban J connectivity index is 1.42. The molecule has 1 N–H and O–H groups in total. The van der Waals surface area contributed by atoms with E-state index in [0.717, 1.165) is 17.9 Å². The number of carbonyl (C=O) groups is 3. The van der Waals surface area contributed by atoms with Gasteiger partial charge < -0.3 is 0 Å². The van der Waals surface area contributed by atoms with Crippen molar-refractivity contribution in [3.63, 3.8) is 0 Å². The number of fused-ring (bicyclic) bond motifs is 3. The number of amides is 3. The lowest BCUT2D eigenvalue weighted by atomic mass is 9.85. The summed E-state index contributed by atoms with van der Waals surface area (Å²) in [6, 6.07) is 3.09. The van der Waals surface area contributed by atoms with Crippen molar-refractivity contribution in [1.29, 1.82) is 0 Å². The Bertz CT molecular complexity index is 735. The van der Waals surface area contributed by atoms with Crippen molar-refractivity contribution in [1.82, 2.24) is 15.4 Å². The van der Waals surface area contributed by atoms with E-state index in [-0.39, 0.29) is 40.9 Å². The highest BCUT2D eigenvalue weighted by molar-refractivity contribution is 6.09. The number of nitrogens with one attached hydrogen (secondary N) is 1. The van der Waals surface area contributed by atoms with Crippen molar-refractivity contribution in [2.24, 2.45) is 29.1 Å². The molecule has 0 unspecified atom stereocenters. The molecule has 6 heteroatoms. The van der Waals surface area contributed by atoms with Crippen molar-refractivity contribution < 1.29 is 14.4 Å². The highest BCUT2D eigenvalue weighted by atomic mass is 16.2. The summed E-state index contributed by atoms with van der Waals surface area (Å²) in [7, 11) is 0. The van der Waals surface area contributed by atoms with Crippen LogP contribution >= 0.6 is 0 Å². The van der Waals surface area contributed by atoms with E-state index in [1.165, 1.54) is 12.4 Å². The second-order valence-electron chi connectivity index (χ2n) is 6.91. The normalized spacial score (nSPS) is 35.0. The number of imide groups is 1. The Morgan fingerprint density at radius 3 is 2.17 bits per heavy atom. The molecular formula is C17H15N3O3. The maximum atomic E-state index is 12.7. The molecule has 1 aromatic heterocycles. The molecule has 6 nitrogen and oxygen atoms in total. The van der Waals surface area contributed by atoms with Gasteiger partial charge in [-0.2, -0.15) is 5.01 Å². The van der Waals surface area contributed by atoms with E-state index < -0.39 is 5.91 Å². The summed E-state index contributed by atoms with van der Waals surface area (Å²) in [6.45, 7) is 0. The van der Waals surface area contributed by atoms with Crippen LogP contribution in [-0.4, -0.2) is 27.7 Å². The molecule has 3 fully saturated rings. The molecule has 3 aliphatic carbocycles. The topological polar surface area (TPSA) is 79.4 Å². The SMILES string of the molecule is O=C(NN1C(=O)[C@@H]2[C@H](C1=O)[C@H]1C=C[C@@H]2C12CC2)c1ccncc1. The summed E-state index contributed by atoms with van der Waals surface area (Å²) < 4.78 is 0. The smallest absolute Gasteiger partial charge is 0.270 e. The number of aromatic nitrogens is 1. The van der Waals surface area contributed by atoms with Gasteiger partial charge in [0.15, 0.2) is 0 Å². The zero-order chi connectivity index (χ0) is 15.8. The monoisotopic (exact) mass is 309 g/mol. The zero-order valence-electron chi connectivity index (χ0n) is 12.3. The van der Waals surface area contributed by atoms with Gasteiger partial charge in [-0.1, -0.05) is 12.2 Å². The van der Waals surface area contributed by atoms with Gasteiger partial charge in [0, 0.05) is 18.0 Å². The Hall–Kier alpha value is -2.50. The summed E-state index contributed by atoms with van der Waals surface area (Å²) in [5, 5.41) is 0.945. The first-order valence-electron chi connectivity index (χ1n) is 7.91. The Labute approximate surface area is 132 Å². The number of nitrogens with zero attached hydrogens (tertiary/aromatic N) is 2. The summed E-state index contributed by atoms with van der Waals surface area (Å²) in [4.78, 5) is 41.5. The van der Waals surface area contributed by atoms with Crippen molar-refractivity contribution in [2.75, 3.05) is 0 Å². The van der Waals surface area contributed by atoms with E-state index in [1.807, 2.05) is 0 Å². The van der Waals surface area contributed by atoms with Gasteiger partial charge in [-0.25, -0.2) is 0 Å². The average molecular weight is 309 g/mol. The van der Waals surface area contributed by atoms with E-state index in [1.54, 1.807) is 12.1 Å². The molecule has 4 atom stereocenters. The van der Waals surface area contributed by atoms with Crippen molar-refractivity contribution in [3.8, 4) is 0 Å². The fourth-order valence-corrected chi connectivity index (χ4v) is 4.86. The van der Waals surface area contributed by atoms with Crippen molar-refractivity contribution >= 4 is 17.7 Å². The predicted molar refractivity (Wildman–Crippen MR) is 78.3 cm³/mol. The second-order valence-corrected chi connectivity index (χ2v) is 6.91. The van der Waals surface area contributed by atoms with Gasteiger partial charge in [-0.15, -0.1) is 0 Å². The average Bonchev–Trinajstić information content (AvgIpc) is 3.18. The summed E-state index contributed by atoms with van der Waals surface area (Å²) in [6.07, 6.45) is 9.42. The molecule has 3 amide bonds. The molecule has 4 aliphatic rings. The lowest BCUT2D eigenvalue weighted by molar-refractivity contribution is -0.144. The number of pyridine rings is 1. The van der Waals surface area contributed by atoms with Crippen LogP contribution in [0.3, 0.4) is 0 Å². The number of rotatable bonds is 2. The van der Waals surface area contributed by atoms with Crippen LogP contribution in [-0.2, 0) is 9.59 Å². The molecular weight excluding hydrogens is 294 g/mol. The van der Waals surface area contributed by atoms with Crippen LogP contribution in [0.4, 0.5) is 0 Å². The van der Waals surface area contributed by atoms with E-state index in [4.69, 9.17) is 0 Å². The third-order valence-corrected chi connectivity index (χ3v) is 6.01. The minimum Gasteiger partial charge on any atom is -0.272 e. The highest BCUT2D eigenvalue weighted by Gasteiger charge is 2.73.